The topological polar surface area (TPSA) is 0 Å². The summed E-state index contributed by atoms with van der Waals surface area (Å²) in [5, 5.41) is 0. The number of hydrogen-bond donors (Lipinski definition) is 0. The third-order valence-electron chi connectivity index (χ3n) is 0. The maximum Gasteiger partial charge on any atom is 1.00 e. The second-order valence-corrected chi connectivity index (χ2v) is 0. The van der Waals surface area contributed by atoms with Gasteiger partial charge in [0.25, 0.3) is 0 Å². The molecule has 6 heavy (non-hydrogen) atoms. The molecule has 0 heterocycles. The predicted octanol–water partition coefficient (Wildman–Crippen LogP) is -4.08. The summed E-state index contributed by atoms with van der Waals surface area (Å²) in [5.41, 5.74) is 0. The Morgan fingerprint density at radius 2 is 1.17 bits per heavy atom. The first-order valence-electron chi connectivity index (χ1n) is 0. The van der Waals surface area contributed by atoms with E-state index in [0.29, 0.717) is 0 Å². The van der Waals surface area contributed by atoms with Gasteiger partial charge in [0, 0.05) is 71.0 Å². The number of rotatable bonds is 0. The Kier molecular flexibility index (Phi) is 274. The molecule has 0 spiro atoms. The van der Waals surface area contributed by atoms with E-state index < -0.39 is 0 Å². The quantitative estimate of drug-likeness (QED) is 0.392. The smallest absolute Gasteiger partial charge is 1.00 e. The van der Waals surface area contributed by atoms with Crippen molar-refractivity contribution in [1.29, 1.82) is 0 Å². The van der Waals surface area contributed by atoms with Gasteiger partial charge < -0.3 is 1.43 Å². The maximum atomic E-state index is 0. The fraction of sp³-hybridized carbons (Fsp3) is 0. The van der Waals surface area contributed by atoms with Gasteiger partial charge in [-0.05, 0) is 0 Å². The Hall–Kier alpha value is 4.36. The third kappa shape index (κ3) is 23.8. The van der Waals surface area contributed by atoms with Crippen LogP contribution in [-0.2, 0) is 71.0 Å². The molecule has 0 aliphatic heterocycles. The molecule has 0 aliphatic rings. The summed E-state index contributed by atoms with van der Waals surface area (Å²) in [6.07, 6.45) is 0. The van der Waals surface area contributed by atoms with E-state index in [0.717, 1.165) is 0 Å². The molecular formula is H4AlCrCuFeKRh. The van der Waals surface area contributed by atoms with Gasteiger partial charge in [-0.15, -0.1) is 0 Å². The van der Waals surface area contributed by atoms with Crippen molar-refractivity contribution >= 4 is 17.4 Å². The van der Waals surface area contributed by atoms with Crippen molar-refractivity contribution in [1.82, 2.24) is 0 Å². The molecule has 0 aromatic carbocycles. The molecular weight excluding hydrogens is 340 g/mol. The van der Waals surface area contributed by atoms with E-state index in [-0.39, 0.29) is 141 Å². The molecule has 0 fully saturated rings. The van der Waals surface area contributed by atoms with Gasteiger partial charge >= 0.3 is 51.4 Å². The van der Waals surface area contributed by atoms with Crippen molar-refractivity contribution in [3.05, 3.63) is 0 Å². The molecule has 0 saturated heterocycles. The zero-order valence-electron chi connectivity index (χ0n) is 3.40. The van der Waals surface area contributed by atoms with Crippen LogP contribution in [0.15, 0.2) is 0 Å². The summed E-state index contributed by atoms with van der Waals surface area (Å²) in [4.78, 5) is 0. The Labute approximate surface area is 138 Å². The fourth-order valence-electron chi connectivity index (χ4n) is 0. The minimum atomic E-state index is 0. The van der Waals surface area contributed by atoms with Gasteiger partial charge in [-0.2, -0.15) is 0 Å². The average molecular weight is 344 g/mol. The average Bonchev–Trinajstić information content (AvgIpc) is 0. The molecule has 0 aliphatic carbocycles. The second kappa shape index (κ2) is 34.4. The second-order valence-electron chi connectivity index (χ2n) is 0. The van der Waals surface area contributed by atoms with Crippen LogP contribution in [0.3, 0.4) is 0 Å². The van der Waals surface area contributed by atoms with Gasteiger partial charge in [-0.1, -0.05) is 0 Å². The van der Waals surface area contributed by atoms with Crippen LogP contribution in [0.4, 0.5) is 0 Å². The normalized spacial score (nSPS) is 0. The van der Waals surface area contributed by atoms with E-state index in [1.54, 1.807) is 0 Å². The van der Waals surface area contributed by atoms with Crippen molar-refractivity contribution in [3.8, 4) is 0 Å². The molecule has 0 atom stereocenters. The Bertz CT molecular complexity index is 19.7. The van der Waals surface area contributed by atoms with Crippen LogP contribution in [-0.4, -0.2) is 17.4 Å². The summed E-state index contributed by atoms with van der Waals surface area (Å²) < 4.78 is 0. The van der Waals surface area contributed by atoms with Crippen LogP contribution in [0, 0.1) is 0 Å². The van der Waals surface area contributed by atoms with Crippen molar-refractivity contribution in [2.24, 2.45) is 0 Å². The van der Waals surface area contributed by atoms with Crippen molar-refractivity contribution in [2.75, 3.05) is 0 Å². The minimum Gasteiger partial charge on any atom is -1.00 e. The molecule has 0 saturated carbocycles. The van der Waals surface area contributed by atoms with Crippen LogP contribution in [0.5, 0.6) is 0 Å². The molecule has 42 valence electrons. The van der Waals surface area contributed by atoms with Crippen molar-refractivity contribution < 1.29 is 124 Å². The Morgan fingerprint density at radius 3 is 1.17 bits per heavy atom. The van der Waals surface area contributed by atoms with Gasteiger partial charge in [-0.25, -0.2) is 0 Å². The Morgan fingerprint density at radius 1 is 1.17 bits per heavy atom. The first-order valence-corrected chi connectivity index (χ1v) is 0. The molecule has 0 N–H and O–H groups in total. The van der Waals surface area contributed by atoms with Gasteiger partial charge in [0.15, 0.2) is 17.4 Å². The van der Waals surface area contributed by atoms with E-state index in [9.17, 15) is 0 Å². The largest absolute Gasteiger partial charge is 1.00 e. The molecule has 0 aromatic rings. The maximum absolute atomic E-state index is 0. The van der Waals surface area contributed by atoms with Crippen LogP contribution in [0.2, 0.25) is 0 Å². The first kappa shape index (κ1) is 47.7. The summed E-state index contributed by atoms with van der Waals surface area (Å²) in [6, 6.07) is 0. The molecule has 0 rings (SSSR count). The standard InChI is InChI=1S/Al.Cr.Cu.Fe.K.Rh.4H/q;;;;+1;;;;;-1. The summed E-state index contributed by atoms with van der Waals surface area (Å²) in [7, 11) is 0. The van der Waals surface area contributed by atoms with Crippen LogP contribution in [0.25, 0.3) is 0 Å². The molecule has 0 aromatic heterocycles. The first-order chi connectivity index (χ1) is 0. The van der Waals surface area contributed by atoms with Crippen LogP contribution >= 0.6 is 0 Å². The van der Waals surface area contributed by atoms with E-state index in [4.69, 9.17) is 0 Å². The summed E-state index contributed by atoms with van der Waals surface area (Å²) in [6.45, 7) is 0. The fourth-order valence-corrected chi connectivity index (χ4v) is 0. The molecule has 0 amide bonds. The molecule has 0 unspecified atom stereocenters. The van der Waals surface area contributed by atoms with E-state index in [2.05, 4.69) is 0 Å². The van der Waals surface area contributed by atoms with Gasteiger partial charge in [-0.3, -0.25) is 0 Å². The van der Waals surface area contributed by atoms with E-state index in [1.165, 1.54) is 0 Å². The van der Waals surface area contributed by atoms with Gasteiger partial charge in [0.05, 0.1) is 0 Å². The molecule has 2 radical (unpaired) electrons. The van der Waals surface area contributed by atoms with Crippen molar-refractivity contribution in [3.63, 3.8) is 0 Å². The van der Waals surface area contributed by atoms with E-state index in [1.807, 2.05) is 0 Å². The summed E-state index contributed by atoms with van der Waals surface area (Å²) in [5.74, 6) is 0. The summed E-state index contributed by atoms with van der Waals surface area (Å²) >= 11 is 0. The van der Waals surface area contributed by atoms with Crippen molar-refractivity contribution in [2.45, 2.75) is 0 Å². The monoisotopic (exact) mass is 344 g/mol. The molecule has 0 bridgehead atoms. The zero-order valence-corrected chi connectivity index (χ0v) is 10.5. The minimum absolute atomic E-state index is 0. The van der Waals surface area contributed by atoms with E-state index >= 15 is 0 Å². The zero-order chi connectivity index (χ0) is 0. The predicted molar refractivity (Wildman–Crippen MR) is 11.1 cm³/mol. The van der Waals surface area contributed by atoms with Gasteiger partial charge in [0.1, 0.15) is 0 Å². The SMILES string of the molecule is [AlH3].[Cr].[Cu].[Fe].[H-].[K+].[Rh]. The number of hydrogen-bond acceptors (Lipinski definition) is 0. The molecule has 6 heteroatoms. The third-order valence-corrected chi connectivity index (χ3v) is 0. The Balaban J connectivity index is 0. The van der Waals surface area contributed by atoms with Gasteiger partial charge in [0.2, 0.25) is 0 Å². The van der Waals surface area contributed by atoms with Crippen LogP contribution < -0.4 is 51.4 Å². The molecule has 0 nitrogen and oxygen atoms in total. The van der Waals surface area contributed by atoms with Crippen LogP contribution in [0.1, 0.15) is 1.43 Å².